The summed E-state index contributed by atoms with van der Waals surface area (Å²) < 4.78 is 1.28. The molecule has 0 atom stereocenters. The van der Waals surface area contributed by atoms with Crippen LogP contribution >= 0.6 is 23.1 Å². The zero-order valence-corrected chi connectivity index (χ0v) is 11.9. The number of thioether (sulfide) groups is 1. The largest absolute Gasteiger partial charge is 0.383 e. The highest BCUT2D eigenvalue weighted by Gasteiger charge is 2.03. The van der Waals surface area contributed by atoms with Crippen molar-refractivity contribution < 1.29 is 0 Å². The Morgan fingerprint density at radius 3 is 2.95 bits per heavy atom. The van der Waals surface area contributed by atoms with E-state index in [-0.39, 0.29) is 0 Å². The second-order valence-electron chi connectivity index (χ2n) is 3.96. The summed E-state index contributed by atoms with van der Waals surface area (Å²) in [4.78, 5) is 8.51. The molecule has 19 heavy (non-hydrogen) atoms. The van der Waals surface area contributed by atoms with E-state index in [9.17, 15) is 0 Å². The Labute approximate surface area is 119 Å². The normalized spacial score (nSPS) is 10.8. The first kappa shape index (κ1) is 12.3. The summed E-state index contributed by atoms with van der Waals surface area (Å²) in [6, 6.07) is 10.1. The maximum atomic E-state index is 5.76. The van der Waals surface area contributed by atoms with Gasteiger partial charge in [-0.3, -0.25) is 0 Å². The number of nitrogens with two attached hydrogens (primary N) is 1. The van der Waals surface area contributed by atoms with Crippen molar-refractivity contribution in [2.24, 2.45) is 0 Å². The number of hydrogen-bond donors (Lipinski definition) is 2. The number of hydrogen-bond acceptors (Lipinski definition) is 6. The number of anilines is 3. The first-order valence-electron chi connectivity index (χ1n) is 5.67. The highest BCUT2D eigenvalue weighted by Crippen LogP contribution is 2.26. The van der Waals surface area contributed by atoms with Crippen LogP contribution in [0.4, 0.5) is 17.3 Å². The lowest BCUT2D eigenvalue weighted by molar-refractivity contribution is 0.984. The fourth-order valence-corrected chi connectivity index (χ4v) is 2.95. The van der Waals surface area contributed by atoms with Crippen molar-refractivity contribution in [2.75, 3.05) is 17.3 Å². The SMILES string of the molecule is CSc1nc(N)cc(Nc2ccc3sccc3c2)n1. The van der Waals surface area contributed by atoms with Crippen LogP contribution in [0.3, 0.4) is 0 Å². The van der Waals surface area contributed by atoms with Gasteiger partial charge in [0.2, 0.25) is 0 Å². The quantitative estimate of drug-likeness (QED) is 0.568. The Kier molecular flexibility index (Phi) is 3.27. The number of rotatable bonds is 3. The van der Waals surface area contributed by atoms with Crippen LogP contribution in [0.25, 0.3) is 10.1 Å². The number of thiophene rings is 1. The third kappa shape index (κ3) is 2.64. The van der Waals surface area contributed by atoms with Crippen LogP contribution in [0.1, 0.15) is 0 Å². The molecule has 0 saturated heterocycles. The summed E-state index contributed by atoms with van der Waals surface area (Å²) in [7, 11) is 0. The van der Waals surface area contributed by atoms with Gasteiger partial charge in [0.15, 0.2) is 5.16 Å². The van der Waals surface area contributed by atoms with Gasteiger partial charge in [0, 0.05) is 16.5 Å². The molecule has 0 bridgehead atoms. The average Bonchev–Trinajstić information content (AvgIpc) is 2.85. The maximum absolute atomic E-state index is 5.76. The molecule has 0 aliphatic rings. The number of nitrogens with zero attached hydrogens (tertiary/aromatic N) is 2. The Morgan fingerprint density at radius 2 is 2.11 bits per heavy atom. The Morgan fingerprint density at radius 1 is 1.21 bits per heavy atom. The van der Waals surface area contributed by atoms with Crippen molar-refractivity contribution in [1.29, 1.82) is 0 Å². The van der Waals surface area contributed by atoms with E-state index >= 15 is 0 Å². The molecule has 2 heterocycles. The van der Waals surface area contributed by atoms with E-state index in [4.69, 9.17) is 5.73 Å². The third-order valence-electron chi connectivity index (χ3n) is 2.63. The molecule has 3 aromatic rings. The van der Waals surface area contributed by atoms with Gasteiger partial charge in [-0.15, -0.1) is 11.3 Å². The number of nitrogen functional groups attached to an aromatic ring is 1. The molecule has 4 nitrogen and oxygen atoms in total. The van der Waals surface area contributed by atoms with Crippen LogP contribution in [0.5, 0.6) is 0 Å². The van der Waals surface area contributed by atoms with Crippen molar-refractivity contribution in [1.82, 2.24) is 9.97 Å². The van der Waals surface area contributed by atoms with Crippen molar-refractivity contribution in [3.05, 3.63) is 35.7 Å². The lowest BCUT2D eigenvalue weighted by Crippen LogP contribution is -1.99. The smallest absolute Gasteiger partial charge is 0.191 e. The molecule has 2 aromatic heterocycles. The molecule has 0 saturated carbocycles. The average molecular weight is 288 g/mol. The first-order valence-corrected chi connectivity index (χ1v) is 7.78. The summed E-state index contributed by atoms with van der Waals surface area (Å²) in [5.41, 5.74) is 6.76. The van der Waals surface area contributed by atoms with Gasteiger partial charge < -0.3 is 11.1 Å². The van der Waals surface area contributed by atoms with Gasteiger partial charge in [-0.05, 0) is 41.3 Å². The molecule has 0 aliphatic heterocycles. The van der Waals surface area contributed by atoms with E-state index < -0.39 is 0 Å². The zero-order chi connectivity index (χ0) is 13.2. The second-order valence-corrected chi connectivity index (χ2v) is 5.68. The van der Waals surface area contributed by atoms with Gasteiger partial charge in [0.05, 0.1) is 0 Å². The molecular formula is C13H12N4S2. The molecule has 0 aliphatic carbocycles. The molecular weight excluding hydrogens is 276 g/mol. The fourth-order valence-electron chi connectivity index (χ4n) is 1.79. The van der Waals surface area contributed by atoms with Gasteiger partial charge in [0.25, 0.3) is 0 Å². The number of fused-ring (bicyclic) bond motifs is 1. The summed E-state index contributed by atoms with van der Waals surface area (Å²) in [5.74, 6) is 1.19. The zero-order valence-electron chi connectivity index (χ0n) is 10.3. The minimum Gasteiger partial charge on any atom is -0.383 e. The van der Waals surface area contributed by atoms with Crippen molar-refractivity contribution in [3.8, 4) is 0 Å². The Bertz CT molecular complexity index is 723. The first-order chi connectivity index (χ1) is 9.24. The van der Waals surface area contributed by atoms with Crippen LogP contribution in [0.15, 0.2) is 40.9 Å². The third-order valence-corrected chi connectivity index (χ3v) is 4.08. The second kappa shape index (κ2) is 5.07. The van der Waals surface area contributed by atoms with E-state index in [1.807, 2.05) is 12.3 Å². The summed E-state index contributed by atoms with van der Waals surface area (Å²) in [6.45, 7) is 0. The molecule has 1 aromatic carbocycles. The van der Waals surface area contributed by atoms with Gasteiger partial charge in [-0.25, -0.2) is 9.97 Å². The van der Waals surface area contributed by atoms with Crippen molar-refractivity contribution >= 4 is 50.5 Å². The van der Waals surface area contributed by atoms with Crippen LogP contribution in [0, 0.1) is 0 Å². The molecule has 0 radical (unpaired) electrons. The van der Waals surface area contributed by atoms with E-state index in [0.29, 0.717) is 16.8 Å². The van der Waals surface area contributed by atoms with E-state index in [0.717, 1.165) is 5.69 Å². The van der Waals surface area contributed by atoms with Crippen molar-refractivity contribution in [3.63, 3.8) is 0 Å². The molecule has 3 rings (SSSR count). The predicted molar refractivity (Wildman–Crippen MR) is 83.3 cm³/mol. The van der Waals surface area contributed by atoms with Crippen molar-refractivity contribution in [2.45, 2.75) is 5.16 Å². The molecule has 0 fully saturated rings. The minimum atomic E-state index is 0.471. The van der Waals surface area contributed by atoms with Gasteiger partial charge in [0.1, 0.15) is 11.6 Å². The summed E-state index contributed by atoms with van der Waals surface area (Å²) >= 11 is 3.21. The molecule has 6 heteroatoms. The summed E-state index contributed by atoms with van der Waals surface area (Å²) in [5, 5.41) is 7.24. The number of aromatic nitrogens is 2. The molecule has 0 amide bonds. The molecule has 0 unspecified atom stereocenters. The molecule has 0 spiro atoms. The van der Waals surface area contributed by atoms with Gasteiger partial charge in [-0.2, -0.15) is 0 Å². The molecule has 3 N–H and O–H groups in total. The molecule has 96 valence electrons. The minimum absolute atomic E-state index is 0.471. The number of benzene rings is 1. The van der Waals surface area contributed by atoms with Gasteiger partial charge >= 0.3 is 0 Å². The highest BCUT2D eigenvalue weighted by atomic mass is 32.2. The monoisotopic (exact) mass is 288 g/mol. The summed E-state index contributed by atoms with van der Waals surface area (Å²) in [6.07, 6.45) is 1.93. The van der Waals surface area contributed by atoms with E-state index in [2.05, 4.69) is 38.9 Å². The predicted octanol–water partition coefficient (Wildman–Crippen LogP) is 3.74. The highest BCUT2D eigenvalue weighted by molar-refractivity contribution is 7.98. The lowest BCUT2D eigenvalue weighted by Gasteiger charge is -2.07. The topological polar surface area (TPSA) is 63.8 Å². The van der Waals surface area contributed by atoms with E-state index in [1.54, 1.807) is 17.4 Å². The van der Waals surface area contributed by atoms with Crippen LogP contribution < -0.4 is 11.1 Å². The Hall–Kier alpha value is -1.79. The number of nitrogens with one attached hydrogen (secondary N) is 1. The standard InChI is InChI=1S/C13H12N4S2/c1-18-13-16-11(14)7-12(17-13)15-9-2-3-10-8(6-9)4-5-19-10/h2-7H,1H3,(H3,14,15,16,17). The van der Waals surface area contributed by atoms with E-state index in [1.165, 1.54) is 21.8 Å². The lowest BCUT2D eigenvalue weighted by atomic mass is 10.2. The fraction of sp³-hybridized carbons (Fsp3) is 0.0769. The van der Waals surface area contributed by atoms with Crippen LogP contribution in [-0.4, -0.2) is 16.2 Å². The maximum Gasteiger partial charge on any atom is 0.191 e. The van der Waals surface area contributed by atoms with Crippen LogP contribution in [-0.2, 0) is 0 Å². The van der Waals surface area contributed by atoms with Gasteiger partial charge in [-0.1, -0.05) is 11.8 Å². The van der Waals surface area contributed by atoms with Crippen LogP contribution in [0.2, 0.25) is 0 Å². The Balaban J connectivity index is 1.93.